The Morgan fingerprint density at radius 3 is 2.25 bits per heavy atom. The SMILES string of the molecule is CC(C)C[C](N)CO. The minimum Gasteiger partial charge on any atom is -0.394 e. The zero-order valence-corrected chi connectivity index (χ0v) is 5.52. The second-order valence-corrected chi connectivity index (χ2v) is 2.41. The molecule has 0 unspecified atom stereocenters. The first kappa shape index (κ1) is 7.92. The molecule has 0 aromatic rings. The first-order chi connectivity index (χ1) is 3.66. The van der Waals surface area contributed by atoms with Crippen LogP contribution in [0.3, 0.4) is 0 Å². The fourth-order valence-corrected chi connectivity index (χ4v) is 0.589. The highest BCUT2D eigenvalue weighted by atomic mass is 16.3. The van der Waals surface area contributed by atoms with Gasteiger partial charge in [0.2, 0.25) is 0 Å². The van der Waals surface area contributed by atoms with Gasteiger partial charge in [-0.2, -0.15) is 0 Å². The molecule has 2 nitrogen and oxygen atoms in total. The van der Waals surface area contributed by atoms with Gasteiger partial charge in [-0.3, -0.25) is 0 Å². The standard InChI is InChI=1S/C6H14NO/c1-5(2)3-6(7)4-8/h5,8H,3-4,7H2,1-2H3. The van der Waals surface area contributed by atoms with Gasteiger partial charge in [0.1, 0.15) is 0 Å². The summed E-state index contributed by atoms with van der Waals surface area (Å²) in [5.41, 5.74) is 5.34. The van der Waals surface area contributed by atoms with Gasteiger partial charge in [-0.05, 0) is 12.3 Å². The van der Waals surface area contributed by atoms with Crippen LogP contribution in [0.4, 0.5) is 0 Å². The minimum absolute atomic E-state index is 0.0260. The summed E-state index contributed by atoms with van der Waals surface area (Å²) < 4.78 is 0. The van der Waals surface area contributed by atoms with E-state index in [1.54, 1.807) is 0 Å². The van der Waals surface area contributed by atoms with Crippen molar-refractivity contribution >= 4 is 0 Å². The molecule has 0 aliphatic carbocycles. The van der Waals surface area contributed by atoms with Crippen molar-refractivity contribution in [1.29, 1.82) is 0 Å². The van der Waals surface area contributed by atoms with Crippen molar-refractivity contribution in [2.45, 2.75) is 20.3 Å². The van der Waals surface area contributed by atoms with Crippen LogP contribution in [0, 0.1) is 12.0 Å². The van der Waals surface area contributed by atoms with E-state index >= 15 is 0 Å². The predicted molar refractivity (Wildman–Crippen MR) is 34.0 cm³/mol. The number of aliphatic hydroxyl groups excluding tert-OH is 1. The Morgan fingerprint density at radius 1 is 1.62 bits per heavy atom. The molecule has 0 aromatic carbocycles. The van der Waals surface area contributed by atoms with Crippen LogP contribution in [0.25, 0.3) is 0 Å². The van der Waals surface area contributed by atoms with Gasteiger partial charge in [-0.25, -0.2) is 0 Å². The van der Waals surface area contributed by atoms with Crippen molar-refractivity contribution in [3.63, 3.8) is 0 Å². The van der Waals surface area contributed by atoms with Crippen molar-refractivity contribution in [2.24, 2.45) is 11.7 Å². The largest absolute Gasteiger partial charge is 0.394 e. The van der Waals surface area contributed by atoms with Crippen molar-refractivity contribution < 1.29 is 5.11 Å². The van der Waals surface area contributed by atoms with Gasteiger partial charge in [0, 0.05) is 0 Å². The third kappa shape index (κ3) is 4.09. The summed E-state index contributed by atoms with van der Waals surface area (Å²) in [5.74, 6) is 0.558. The summed E-state index contributed by atoms with van der Waals surface area (Å²) in [7, 11) is 0. The quantitative estimate of drug-likeness (QED) is 0.564. The minimum atomic E-state index is 0.0260. The molecular formula is C6H14NO. The van der Waals surface area contributed by atoms with Crippen LogP contribution in [-0.4, -0.2) is 11.7 Å². The second-order valence-electron chi connectivity index (χ2n) is 2.41. The summed E-state index contributed by atoms with van der Waals surface area (Å²) in [6.07, 6.45) is 0.830. The van der Waals surface area contributed by atoms with Gasteiger partial charge >= 0.3 is 0 Å². The molecule has 0 aliphatic heterocycles. The first-order valence-corrected chi connectivity index (χ1v) is 2.87. The van der Waals surface area contributed by atoms with E-state index in [9.17, 15) is 0 Å². The van der Waals surface area contributed by atoms with Crippen molar-refractivity contribution in [1.82, 2.24) is 0 Å². The van der Waals surface area contributed by atoms with Crippen molar-refractivity contribution in [3.05, 3.63) is 6.04 Å². The van der Waals surface area contributed by atoms with Crippen molar-refractivity contribution in [3.8, 4) is 0 Å². The van der Waals surface area contributed by atoms with E-state index < -0.39 is 0 Å². The average molecular weight is 116 g/mol. The molecule has 0 amide bonds. The summed E-state index contributed by atoms with van der Waals surface area (Å²) in [6, 6.07) is 0.681. The third-order valence-corrected chi connectivity index (χ3v) is 0.874. The van der Waals surface area contributed by atoms with Crippen LogP contribution in [0.2, 0.25) is 0 Å². The van der Waals surface area contributed by atoms with Crippen LogP contribution in [-0.2, 0) is 0 Å². The Morgan fingerprint density at radius 2 is 2.12 bits per heavy atom. The molecule has 0 heterocycles. The molecule has 0 saturated heterocycles. The van der Waals surface area contributed by atoms with Gasteiger partial charge in [0.15, 0.2) is 0 Å². The molecule has 8 heavy (non-hydrogen) atoms. The number of rotatable bonds is 3. The highest BCUT2D eigenvalue weighted by Gasteiger charge is 2.02. The Labute approximate surface area is 50.7 Å². The lowest BCUT2D eigenvalue weighted by Gasteiger charge is -2.08. The lowest BCUT2D eigenvalue weighted by atomic mass is 10.1. The Balaban J connectivity index is 3.10. The van der Waals surface area contributed by atoms with Gasteiger partial charge in [0.25, 0.3) is 0 Å². The Bertz CT molecular complexity index is 54.5. The molecule has 2 heteroatoms. The van der Waals surface area contributed by atoms with E-state index in [4.69, 9.17) is 10.8 Å². The topological polar surface area (TPSA) is 46.2 Å². The van der Waals surface area contributed by atoms with Gasteiger partial charge in [0.05, 0.1) is 12.6 Å². The molecule has 49 valence electrons. The number of nitrogens with two attached hydrogens (primary N) is 1. The maximum Gasteiger partial charge on any atom is 0.0630 e. The van der Waals surface area contributed by atoms with Gasteiger partial charge < -0.3 is 10.8 Å². The van der Waals surface area contributed by atoms with Crippen LogP contribution >= 0.6 is 0 Å². The fraction of sp³-hybridized carbons (Fsp3) is 0.833. The molecular weight excluding hydrogens is 102 g/mol. The molecule has 0 spiro atoms. The molecule has 0 bridgehead atoms. The summed E-state index contributed by atoms with van der Waals surface area (Å²) >= 11 is 0. The number of hydrogen-bond donors (Lipinski definition) is 2. The van der Waals surface area contributed by atoms with Gasteiger partial charge in [-0.15, -0.1) is 0 Å². The van der Waals surface area contributed by atoms with Crippen LogP contribution in [0.1, 0.15) is 20.3 Å². The molecule has 0 atom stereocenters. The number of hydrogen-bond acceptors (Lipinski definition) is 2. The fourth-order valence-electron chi connectivity index (χ4n) is 0.589. The van der Waals surface area contributed by atoms with Gasteiger partial charge in [-0.1, -0.05) is 13.8 Å². The van der Waals surface area contributed by atoms with E-state index in [0.717, 1.165) is 6.42 Å². The molecule has 0 fully saturated rings. The van der Waals surface area contributed by atoms with Crippen LogP contribution in [0.5, 0.6) is 0 Å². The van der Waals surface area contributed by atoms with E-state index in [1.165, 1.54) is 0 Å². The summed E-state index contributed by atoms with van der Waals surface area (Å²) in [6.45, 7) is 4.17. The molecule has 0 aliphatic rings. The van der Waals surface area contributed by atoms with Crippen LogP contribution in [0.15, 0.2) is 0 Å². The highest BCUT2D eigenvalue weighted by Crippen LogP contribution is 2.06. The normalized spacial score (nSPS) is 11.2. The molecule has 1 radical (unpaired) electrons. The lowest BCUT2D eigenvalue weighted by molar-refractivity contribution is 0.293. The zero-order valence-electron chi connectivity index (χ0n) is 5.52. The Hall–Kier alpha value is -0.0800. The lowest BCUT2D eigenvalue weighted by Crippen LogP contribution is -2.16. The van der Waals surface area contributed by atoms with E-state index in [2.05, 4.69) is 13.8 Å². The van der Waals surface area contributed by atoms with Crippen molar-refractivity contribution in [2.75, 3.05) is 6.61 Å². The molecule has 0 saturated carbocycles. The first-order valence-electron chi connectivity index (χ1n) is 2.87. The molecule has 0 rings (SSSR count). The maximum atomic E-state index is 8.42. The monoisotopic (exact) mass is 116 g/mol. The number of aliphatic hydroxyl groups is 1. The van der Waals surface area contributed by atoms with E-state index in [0.29, 0.717) is 12.0 Å². The second kappa shape index (κ2) is 3.87. The molecule has 3 N–H and O–H groups in total. The third-order valence-electron chi connectivity index (χ3n) is 0.874. The summed E-state index contributed by atoms with van der Waals surface area (Å²) in [4.78, 5) is 0. The Kier molecular flexibility index (Phi) is 3.83. The average Bonchev–Trinajstić information content (AvgIpc) is 1.65. The summed E-state index contributed by atoms with van der Waals surface area (Å²) in [5, 5.41) is 8.42. The highest BCUT2D eigenvalue weighted by molar-refractivity contribution is 4.81. The maximum absolute atomic E-state index is 8.42. The van der Waals surface area contributed by atoms with Crippen LogP contribution < -0.4 is 5.73 Å². The smallest absolute Gasteiger partial charge is 0.0630 e. The zero-order chi connectivity index (χ0) is 6.57. The predicted octanol–water partition coefficient (Wildman–Crippen LogP) is 0.515. The van der Waals surface area contributed by atoms with E-state index in [-0.39, 0.29) is 6.61 Å². The molecule has 0 aromatic heterocycles. The van der Waals surface area contributed by atoms with E-state index in [1.807, 2.05) is 0 Å².